The van der Waals surface area contributed by atoms with Crippen molar-refractivity contribution in [3.8, 4) is 0 Å². The first-order chi connectivity index (χ1) is 8.89. The van der Waals surface area contributed by atoms with Gasteiger partial charge in [0, 0.05) is 12.1 Å². The van der Waals surface area contributed by atoms with Gasteiger partial charge in [-0.3, -0.25) is 0 Å². The molecule has 5 heteroatoms. The summed E-state index contributed by atoms with van der Waals surface area (Å²) < 4.78 is 0. The Balaban J connectivity index is 2.02. The molecule has 1 heterocycles. The van der Waals surface area contributed by atoms with Crippen LogP contribution in [0.4, 0.5) is 5.82 Å². The van der Waals surface area contributed by atoms with Crippen molar-refractivity contribution in [3.05, 3.63) is 16.5 Å². The average Bonchev–Trinajstić information content (AvgIpc) is 2.36. The SMILES string of the molecule is Cc1nc(Cl)c(C)c(NCC2(O)CCC(C)CC2)n1. The van der Waals surface area contributed by atoms with E-state index in [1.807, 2.05) is 13.8 Å². The van der Waals surface area contributed by atoms with Crippen LogP contribution in [-0.4, -0.2) is 27.2 Å². The molecule has 1 aliphatic carbocycles. The highest BCUT2D eigenvalue weighted by atomic mass is 35.5. The van der Waals surface area contributed by atoms with Gasteiger partial charge in [0.25, 0.3) is 0 Å². The number of nitrogens with one attached hydrogen (secondary N) is 1. The van der Waals surface area contributed by atoms with Gasteiger partial charge in [-0.25, -0.2) is 9.97 Å². The zero-order chi connectivity index (χ0) is 14.0. The van der Waals surface area contributed by atoms with E-state index in [0.29, 0.717) is 17.5 Å². The fraction of sp³-hybridized carbons (Fsp3) is 0.714. The fourth-order valence-corrected chi connectivity index (χ4v) is 2.70. The Bertz CT molecular complexity index is 456. The number of nitrogens with zero attached hydrogens (tertiary/aromatic N) is 2. The Hall–Kier alpha value is -0.870. The molecule has 0 spiro atoms. The first kappa shape index (κ1) is 14.5. The molecule has 0 aromatic carbocycles. The molecule has 1 fully saturated rings. The number of aliphatic hydroxyl groups is 1. The third kappa shape index (κ3) is 3.57. The molecule has 2 N–H and O–H groups in total. The summed E-state index contributed by atoms with van der Waals surface area (Å²) in [6.45, 7) is 6.46. The van der Waals surface area contributed by atoms with Gasteiger partial charge in [-0.2, -0.15) is 0 Å². The molecule has 1 aliphatic rings. The highest BCUT2D eigenvalue weighted by molar-refractivity contribution is 6.30. The average molecular weight is 284 g/mol. The van der Waals surface area contributed by atoms with Crippen molar-refractivity contribution in [3.63, 3.8) is 0 Å². The van der Waals surface area contributed by atoms with Crippen molar-refractivity contribution in [1.82, 2.24) is 9.97 Å². The maximum atomic E-state index is 10.5. The zero-order valence-corrected chi connectivity index (χ0v) is 12.6. The molecule has 0 aliphatic heterocycles. The van der Waals surface area contributed by atoms with Crippen molar-refractivity contribution in [2.45, 2.75) is 52.1 Å². The summed E-state index contributed by atoms with van der Waals surface area (Å²) in [5, 5.41) is 14.2. The van der Waals surface area contributed by atoms with Crippen LogP contribution in [0.1, 0.15) is 44.0 Å². The molecule has 0 unspecified atom stereocenters. The van der Waals surface area contributed by atoms with Gasteiger partial charge in [-0.1, -0.05) is 18.5 Å². The number of aryl methyl sites for hydroxylation is 1. The summed E-state index contributed by atoms with van der Waals surface area (Å²) in [7, 11) is 0. The standard InChI is InChI=1S/C14H22ClN3O/c1-9-4-6-14(19,7-5-9)8-16-13-10(2)12(15)17-11(3)18-13/h9,19H,4-8H2,1-3H3,(H,16,17,18). The van der Waals surface area contributed by atoms with Gasteiger partial charge in [0.2, 0.25) is 0 Å². The molecular formula is C14H22ClN3O. The molecule has 2 rings (SSSR count). The maximum absolute atomic E-state index is 10.5. The summed E-state index contributed by atoms with van der Waals surface area (Å²) in [4.78, 5) is 8.45. The first-order valence-electron chi connectivity index (χ1n) is 6.87. The molecule has 1 saturated carbocycles. The number of hydrogen-bond donors (Lipinski definition) is 2. The van der Waals surface area contributed by atoms with E-state index in [2.05, 4.69) is 22.2 Å². The zero-order valence-electron chi connectivity index (χ0n) is 11.8. The van der Waals surface area contributed by atoms with Gasteiger partial charge < -0.3 is 10.4 Å². The molecule has 0 amide bonds. The van der Waals surface area contributed by atoms with E-state index in [1.165, 1.54) is 0 Å². The Morgan fingerprint density at radius 1 is 1.32 bits per heavy atom. The van der Waals surface area contributed by atoms with Crippen LogP contribution in [0.3, 0.4) is 0 Å². The number of halogens is 1. The highest BCUT2D eigenvalue weighted by Gasteiger charge is 2.31. The van der Waals surface area contributed by atoms with Gasteiger partial charge >= 0.3 is 0 Å². The summed E-state index contributed by atoms with van der Waals surface area (Å²) in [6, 6.07) is 0. The molecule has 0 radical (unpaired) electrons. The van der Waals surface area contributed by atoms with Crippen LogP contribution in [0.2, 0.25) is 5.15 Å². The minimum Gasteiger partial charge on any atom is -0.388 e. The van der Waals surface area contributed by atoms with Crippen LogP contribution in [0.5, 0.6) is 0 Å². The van der Waals surface area contributed by atoms with Crippen molar-refractivity contribution in [1.29, 1.82) is 0 Å². The Kier molecular flexibility index (Phi) is 4.31. The minimum absolute atomic E-state index is 0.472. The monoisotopic (exact) mass is 283 g/mol. The van der Waals surface area contributed by atoms with Crippen LogP contribution in [0.15, 0.2) is 0 Å². The van der Waals surface area contributed by atoms with E-state index >= 15 is 0 Å². The van der Waals surface area contributed by atoms with E-state index in [4.69, 9.17) is 11.6 Å². The van der Waals surface area contributed by atoms with Crippen LogP contribution >= 0.6 is 11.6 Å². The number of aromatic nitrogens is 2. The quantitative estimate of drug-likeness (QED) is 0.837. The maximum Gasteiger partial charge on any atom is 0.137 e. The van der Waals surface area contributed by atoms with Crippen molar-refractivity contribution in [2.24, 2.45) is 5.92 Å². The molecule has 0 atom stereocenters. The van der Waals surface area contributed by atoms with Crippen molar-refractivity contribution < 1.29 is 5.11 Å². The predicted molar refractivity (Wildman–Crippen MR) is 77.6 cm³/mol. The van der Waals surface area contributed by atoms with E-state index in [1.54, 1.807) is 0 Å². The number of hydrogen-bond acceptors (Lipinski definition) is 4. The van der Waals surface area contributed by atoms with E-state index < -0.39 is 5.60 Å². The van der Waals surface area contributed by atoms with Gasteiger partial charge in [0.1, 0.15) is 16.8 Å². The molecule has 19 heavy (non-hydrogen) atoms. The topological polar surface area (TPSA) is 58.0 Å². The first-order valence-corrected chi connectivity index (χ1v) is 7.24. The Morgan fingerprint density at radius 2 is 1.95 bits per heavy atom. The van der Waals surface area contributed by atoms with Gasteiger partial charge in [-0.15, -0.1) is 0 Å². The largest absolute Gasteiger partial charge is 0.388 e. The molecular weight excluding hydrogens is 262 g/mol. The fourth-order valence-electron chi connectivity index (χ4n) is 2.49. The molecule has 0 saturated heterocycles. The molecule has 0 bridgehead atoms. The third-order valence-corrected chi connectivity index (χ3v) is 4.36. The number of rotatable bonds is 3. The summed E-state index contributed by atoms with van der Waals surface area (Å²) >= 11 is 6.04. The lowest BCUT2D eigenvalue weighted by Gasteiger charge is -2.35. The third-order valence-electron chi connectivity index (χ3n) is 3.99. The lowest BCUT2D eigenvalue weighted by atomic mass is 9.79. The minimum atomic E-state index is -0.621. The van der Waals surface area contributed by atoms with Crippen LogP contribution in [0, 0.1) is 19.8 Å². The summed E-state index contributed by atoms with van der Waals surface area (Å²) in [6.07, 6.45) is 3.86. The normalized spacial score (nSPS) is 27.3. The highest BCUT2D eigenvalue weighted by Crippen LogP contribution is 2.32. The molecule has 1 aromatic rings. The second-order valence-corrected chi connectivity index (χ2v) is 6.15. The molecule has 106 valence electrons. The lowest BCUT2D eigenvalue weighted by molar-refractivity contribution is 0.00493. The number of anilines is 1. The van der Waals surface area contributed by atoms with Gasteiger partial charge in [0.05, 0.1) is 5.60 Å². The summed E-state index contributed by atoms with van der Waals surface area (Å²) in [5.74, 6) is 2.09. The van der Waals surface area contributed by atoms with Crippen molar-refractivity contribution >= 4 is 17.4 Å². The lowest BCUT2D eigenvalue weighted by Crippen LogP contribution is -2.40. The van der Waals surface area contributed by atoms with Crippen LogP contribution in [-0.2, 0) is 0 Å². The van der Waals surface area contributed by atoms with Gasteiger partial charge in [0.15, 0.2) is 0 Å². The second-order valence-electron chi connectivity index (χ2n) is 5.80. The van der Waals surface area contributed by atoms with Crippen LogP contribution in [0.25, 0.3) is 0 Å². The van der Waals surface area contributed by atoms with Crippen molar-refractivity contribution in [2.75, 3.05) is 11.9 Å². The van der Waals surface area contributed by atoms with E-state index in [0.717, 1.165) is 43.0 Å². The molecule has 1 aromatic heterocycles. The smallest absolute Gasteiger partial charge is 0.137 e. The second kappa shape index (κ2) is 5.63. The molecule has 4 nitrogen and oxygen atoms in total. The van der Waals surface area contributed by atoms with E-state index in [-0.39, 0.29) is 0 Å². The van der Waals surface area contributed by atoms with E-state index in [9.17, 15) is 5.11 Å². The van der Waals surface area contributed by atoms with Crippen LogP contribution < -0.4 is 5.32 Å². The Labute approximate surface area is 119 Å². The van der Waals surface area contributed by atoms with Gasteiger partial charge in [-0.05, 0) is 45.4 Å². The summed E-state index contributed by atoms with van der Waals surface area (Å²) in [5.41, 5.74) is 0.213. The predicted octanol–water partition coefficient (Wildman–Crippen LogP) is 3.10. The Morgan fingerprint density at radius 3 is 2.58 bits per heavy atom.